The molecule has 1 fully saturated rings. The highest BCUT2D eigenvalue weighted by atomic mass is 15.2. The summed E-state index contributed by atoms with van der Waals surface area (Å²) in [5, 5.41) is 3.65. The monoisotopic (exact) mass is 292 g/mol. The first-order valence-electron chi connectivity index (χ1n) is 8.53. The molecule has 0 unspecified atom stereocenters. The van der Waals surface area contributed by atoms with Gasteiger partial charge in [-0.15, -0.1) is 0 Å². The van der Waals surface area contributed by atoms with E-state index >= 15 is 0 Å². The second kappa shape index (κ2) is 7.30. The van der Waals surface area contributed by atoms with Crippen molar-refractivity contribution in [2.75, 3.05) is 11.9 Å². The van der Waals surface area contributed by atoms with Gasteiger partial charge < -0.3 is 9.88 Å². The van der Waals surface area contributed by atoms with Crippen LogP contribution in [-0.2, 0) is 6.54 Å². The van der Waals surface area contributed by atoms with E-state index < -0.39 is 0 Å². The van der Waals surface area contributed by atoms with Crippen LogP contribution in [0.4, 0.5) is 5.95 Å². The standard InChI is InChI=1S/C17H32N4/c1-13(2)21(14(3)4)11-10-20-12-15(5)18-17(20)19-16-8-6-7-9-16/h12-14,16H,6-11H2,1-5H3,(H,18,19). The molecule has 4 heteroatoms. The zero-order valence-electron chi connectivity index (χ0n) is 14.4. The van der Waals surface area contributed by atoms with Crippen LogP contribution in [0.15, 0.2) is 6.20 Å². The van der Waals surface area contributed by atoms with Crippen LogP contribution in [-0.4, -0.2) is 39.1 Å². The third-order valence-corrected chi connectivity index (χ3v) is 4.51. The van der Waals surface area contributed by atoms with Crippen molar-refractivity contribution >= 4 is 5.95 Å². The van der Waals surface area contributed by atoms with Crippen LogP contribution < -0.4 is 5.32 Å². The van der Waals surface area contributed by atoms with Crippen LogP contribution in [0, 0.1) is 6.92 Å². The van der Waals surface area contributed by atoms with E-state index in [1.54, 1.807) is 0 Å². The summed E-state index contributed by atoms with van der Waals surface area (Å²) in [6.07, 6.45) is 7.46. The molecule has 120 valence electrons. The van der Waals surface area contributed by atoms with Gasteiger partial charge in [0.2, 0.25) is 5.95 Å². The van der Waals surface area contributed by atoms with Gasteiger partial charge in [-0.25, -0.2) is 4.98 Å². The SMILES string of the molecule is Cc1cn(CCN(C(C)C)C(C)C)c(NC2CCCC2)n1. The van der Waals surface area contributed by atoms with Gasteiger partial charge in [0.05, 0.1) is 5.69 Å². The highest BCUT2D eigenvalue weighted by molar-refractivity contribution is 5.30. The Bertz CT molecular complexity index is 422. The lowest BCUT2D eigenvalue weighted by atomic mass is 10.2. The zero-order valence-corrected chi connectivity index (χ0v) is 14.4. The first-order chi connectivity index (χ1) is 9.97. The highest BCUT2D eigenvalue weighted by Crippen LogP contribution is 2.22. The molecule has 1 aromatic heterocycles. The maximum Gasteiger partial charge on any atom is 0.203 e. The van der Waals surface area contributed by atoms with Gasteiger partial charge in [0.1, 0.15) is 0 Å². The molecule has 1 N–H and O–H groups in total. The maximum atomic E-state index is 4.68. The minimum atomic E-state index is 0.584. The van der Waals surface area contributed by atoms with E-state index in [2.05, 4.69) is 60.6 Å². The van der Waals surface area contributed by atoms with Crippen molar-refractivity contribution in [1.82, 2.24) is 14.5 Å². The third-order valence-electron chi connectivity index (χ3n) is 4.51. The second-order valence-corrected chi connectivity index (χ2v) is 6.95. The molecule has 0 aliphatic heterocycles. The molecule has 0 spiro atoms. The summed E-state index contributed by atoms with van der Waals surface area (Å²) in [6, 6.07) is 1.79. The Morgan fingerprint density at radius 2 is 1.86 bits per heavy atom. The summed E-state index contributed by atoms with van der Waals surface area (Å²) in [4.78, 5) is 7.21. The molecule has 0 radical (unpaired) electrons. The molecule has 0 saturated heterocycles. The third kappa shape index (κ3) is 4.47. The minimum Gasteiger partial charge on any atom is -0.353 e. The van der Waals surface area contributed by atoms with E-state index in [4.69, 9.17) is 0 Å². The van der Waals surface area contributed by atoms with E-state index in [-0.39, 0.29) is 0 Å². The normalized spacial score (nSPS) is 16.6. The molecular weight excluding hydrogens is 260 g/mol. The fourth-order valence-corrected chi connectivity index (χ4v) is 3.42. The smallest absolute Gasteiger partial charge is 0.203 e. The fourth-order valence-electron chi connectivity index (χ4n) is 3.42. The topological polar surface area (TPSA) is 33.1 Å². The van der Waals surface area contributed by atoms with Crippen molar-refractivity contribution in [2.24, 2.45) is 0 Å². The molecule has 1 saturated carbocycles. The second-order valence-electron chi connectivity index (χ2n) is 6.95. The van der Waals surface area contributed by atoms with E-state index in [1.807, 2.05) is 0 Å². The van der Waals surface area contributed by atoms with Gasteiger partial charge in [-0.2, -0.15) is 0 Å². The van der Waals surface area contributed by atoms with E-state index in [1.165, 1.54) is 25.7 Å². The van der Waals surface area contributed by atoms with Gasteiger partial charge >= 0.3 is 0 Å². The Kier molecular flexibility index (Phi) is 5.68. The Morgan fingerprint density at radius 3 is 2.43 bits per heavy atom. The Morgan fingerprint density at radius 1 is 1.24 bits per heavy atom. The van der Waals surface area contributed by atoms with Crippen LogP contribution in [0.1, 0.15) is 59.1 Å². The Hall–Kier alpha value is -1.03. The maximum absolute atomic E-state index is 4.68. The zero-order chi connectivity index (χ0) is 15.4. The molecule has 2 rings (SSSR count). The van der Waals surface area contributed by atoms with Crippen LogP contribution >= 0.6 is 0 Å². The molecule has 1 aromatic rings. The van der Waals surface area contributed by atoms with Crippen molar-refractivity contribution in [1.29, 1.82) is 0 Å². The number of rotatable bonds is 7. The minimum absolute atomic E-state index is 0.584. The fraction of sp³-hybridized carbons (Fsp3) is 0.824. The number of nitrogens with one attached hydrogen (secondary N) is 1. The summed E-state index contributed by atoms with van der Waals surface area (Å²) in [5.74, 6) is 1.06. The van der Waals surface area contributed by atoms with E-state index in [9.17, 15) is 0 Å². The van der Waals surface area contributed by atoms with Crippen molar-refractivity contribution in [3.8, 4) is 0 Å². The first kappa shape index (κ1) is 16.3. The van der Waals surface area contributed by atoms with Gasteiger partial charge in [-0.1, -0.05) is 12.8 Å². The molecule has 1 aliphatic rings. The van der Waals surface area contributed by atoms with Gasteiger partial charge in [0.15, 0.2) is 0 Å². The molecule has 4 nitrogen and oxygen atoms in total. The van der Waals surface area contributed by atoms with Crippen LogP contribution in [0.25, 0.3) is 0 Å². The summed E-state index contributed by atoms with van der Waals surface area (Å²) in [6.45, 7) is 13.3. The largest absolute Gasteiger partial charge is 0.353 e. The van der Waals surface area contributed by atoms with Crippen LogP contribution in [0.3, 0.4) is 0 Å². The number of aromatic nitrogens is 2. The Labute approximate surface area is 129 Å². The quantitative estimate of drug-likeness (QED) is 0.832. The predicted octanol–water partition coefficient (Wildman–Crippen LogP) is 3.66. The molecule has 0 amide bonds. The van der Waals surface area contributed by atoms with Crippen molar-refractivity contribution in [2.45, 2.75) is 85.0 Å². The lowest BCUT2D eigenvalue weighted by molar-refractivity contribution is 0.168. The summed E-state index contributed by atoms with van der Waals surface area (Å²) in [5.41, 5.74) is 1.11. The number of hydrogen-bond donors (Lipinski definition) is 1. The van der Waals surface area contributed by atoms with Gasteiger partial charge in [0, 0.05) is 37.4 Å². The average molecular weight is 292 g/mol. The van der Waals surface area contributed by atoms with E-state index in [0.29, 0.717) is 18.1 Å². The average Bonchev–Trinajstić information content (AvgIpc) is 2.99. The summed E-state index contributed by atoms with van der Waals surface area (Å²) >= 11 is 0. The molecule has 1 aliphatic carbocycles. The van der Waals surface area contributed by atoms with E-state index in [0.717, 1.165) is 24.7 Å². The van der Waals surface area contributed by atoms with Crippen molar-refractivity contribution in [3.05, 3.63) is 11.9 Å². The Balaban J connectivity index is 1.98. The number of aryl methyl sites for hydroxylation is 1. The van der Waals surface area contributed by atoms with Crippen LogP contribution in [0.5, 0.6) is 0 Å². The van der Waals surface area contributed by atoms with Crippen molar-refractivity contribution < 1.29 is 0 Å². The molecular formula is C17H32N4. The van der Waals surface area contributed by atoms with Gasteiger partial charge in [0.25, 0.3) is 0 Å². The predicted molar refractivity (Wildman–Crippen MR) is 89.8 cm³/mol. The van der Waals surface area contributed by atoms with Crippen LogP contribution in [0.2, 0.25) is 0 Å². The number of hydrogen-bond acceptors (Lipinski definition) is 3. The molecule has 1 heterocycles. The molecule has 0 bridgehead atoms. The summed E-state index contributed by atoms with van der Waals surface area (Å²) < 4.78 is 2.30. The summed E-state index contributed by atoms with van der Waals surface area (Å²) in [7, 11) is 0. The molecule has 0 aromatic carbocycles. The lowest BCUT2D eigenvalue weighted by Crippen LogP contribution is -2.39. The van der Waals surface area contributed by atoms with Crippen molar-refractivity contribution in [3.63, 3.8) is 0 Å². The number of anilines is 1. The lowest BCUT2D eigenvalue weighted by Gasteiger charge is -2.30. The number of nitrogens with zero attached hydrogens (tertiary/aromatic N) is 3. The highest BCUT2D eigenvalue weighted by Gasteiger charge is 2.18. The molecule has 0 atom stereocenters. The number of imidazole rings is 1. The van der Waals surface area contributed by atoms with Gasteiger partial charge in [-0.3, -0.25) is 4.90 Å². The first-order valence-corrected chi connectivity index (χ1v) is 8.53. The van der Waals surface area contributed by atoms with Gasteiger partial charge in [-0.05, 0) is 47.5 Å². The molecule has 21 heavy (non-hydrogen) atoms.